The number of fused-ring (bicyclic) bond motifs is 1. The summed E-state index contributed by atoms with van der Waals surface area (Å²) in [7, 11) is 2.04. The second kappa shape index (κ2) is 7.62. The van der Waals surface area contributed by atoms with E-state index in [-0.39, 0.29) is 0 Å². The highest BCUT2D eigenvalue weighted by Crippen LogP contribution is 2.14. The first kappa shape index (κ1) is 16.7. The lowest BCUT2D eigenvalue weighted by Gasteiger charge is -1.90. The molecule has 1 heterocycles. The number of aromatic nitrogens is 2. The Morgan fingerprint density at radius 1 is 0.778 bits per heavy atom. The topological polar surface area (TPSA) is 8.81 Å². The van der Waals surface area contributed by atoms with E-state index in [1.807, 2.05) is 80.0 Å². The van der Waals surface area contributed by atoms with E-state index >= 15 is 0 Å². The fourth-order valence-electron chi connectivity index (χ4n) is 3.02. The Hall–Kier alpha value is -3.79. The fourth-order valence-corrected chi connectivity index (χ4v) is 3.02. The first-order chi connectivity index (χ1) is 13.3. The third kappa shape index (κ3) is 3.60. The molecule has 0 radical (unpaired) electrons. The summed E-state index contributed by atoms with van der Waals surface area (Å²) in [5.74, 6) is 7.50. The van der Waals surface area contributed by atoms with Gasteiger partial charge in [0.2, 0.25) is 0 Å². The highest BCUT2D eigenvalue weighted by molar-refractivity contribution is 5.75. The van der Waals surface area contributed by atoms with Crippen LogP contribution in [0.3, 0.4) is 0 Å². The van der Waals surface area contributed by atoms with Crippen LogP contribution in [0.25, 0.3) is 23.3 Å². The largest absolute Gasteiger partial charge is 0.341 e. The van der Waals surface area contributed by atoms with Gasteiger partial charge >= 0.3 is 5.82 Å². The summed E-state index contributed by atoms with van der Waals surface area (Å²) in [4.78, 5) is 0. The van der Waals surface area contributed by atoms with Crippen LogP contribution in [0, 0.1) is 11.8 Å². The maximum Gasteiger partial charge on any atom is 0.341 e. The molecule has 0 spiro atoms. The van der Waals surface area contributed by atoms with E-state index in [0.717, 1.165) is 28.0 Å². The molecular weight excluding hydrogens is 328 g/mol. The Morgan fingerprint density at radius 3 is 2.22 bits per heavy atom. The molecule has 0 aliphatic heterocycles. The lowest BCUT2D eigenvalue weighted by atomic mass is 10.2. The van der Waals surface area contributed by atoms with E-state index in [4.69, 9.17) is 0 Å². The lowest BCUT2D eigenvalue weighted by molar-refractivity contribution is -0.647. The van der Waals surface area contributed by atoms with Gasteiger partial charge in [0.25, 0.3) is 0 Å². The van der Waals surface area contributed by atoms with Crippen LogP contribution >= 0.6 is 0 Å². The first-order valence-corrected chi connectivity index (χ1v) is 8.86. The van der Waals surface area contributed by atoms with Crippen LogP contribution in [0.4, 0.5) is 0 Å². The Labute approximate surface area is 159 Å². The minimum Gasteiger partial charge on any atom is -0.218 e. The lowest BCUT2D eigenvalue weighted by Crippen LogP contribution is -2.31. The third-order valence-corrected chi connectivity index (χ3v) is 4.39. The minimum absolute atomic E-state index is 0.911. The van der Waals surface area contributed by atoms with Gasteiger partial charge in [0, 0.05) is 11.5 Å². The Bertz CT molecular complexity index is 1200. The predicted molar refractivity (Wildman–Crippen MR) is 111 cm³/mol. The number of nitrogens with zero attached hydrogens (tertiary/aromatic N) is 2. The van der Waals surface area contributed by atoms with Crippen LogP contribution in [-0.2, 0) is 7.05 Å². The molecule has 2 heteroatoms. The first-order valence-electron chi connectivity index (χ1n) is 8.86. The second-order valence-electron chi connectivity index (χ2n) is 6.21. The molecule has 0 saturated carbocycles. The molecule has 3 aromatic carbocycles. The van der Waals surface area contributed by atoms with E-state index in [1.165, 1.54) is 0 Å². The molecule has 128 valence electrons. The van der Waals surface area contributed by atoms with Crippen molar-refractivity contribution in [3.05, 3.63) is 108 Å². The van der Waals surface area contributed by atoms with Gasteiger partial charge in [-0.25, -0.2) is 4.57 Å². The Balaban J connectivity index is 1.84. The number of imidazole rings is 1. The number of aryl methyl sites for hydroxylation is 1. The van der Waals surface area contributed by atoms with Gasteiger partial charge < -0.3 is 0 Å². The fraction of sp³-hybridized carbons (Fsp3) is 0.0400. The molecule has 0 atom stereocenters. The molecule has 0 aliphatic rings. The van der Waals surface area contributed by atoms with E-state index in [9.17, 15) is 0 Å². The Morgan fingerprint density at radius 2 is 1.44 bits per heavy atom. The number of rotatable bonds is 2. The zero-order chi connectivity index (χ0) is 18.5. The van der Waals surface area contributed by atoms with Crippen molar-refractivity contribution in [3.63, 3.8) is 0 Å². The van der Waals surface area contributed by atoms with Crippen LogP contribution in [0.5, 0.6) is 0 Å². The predicted octanol–water partition coefficient (Wildman–Crippen LogP) is 4.65. The van der Waals surface area contributed by atoms with Crippen LogP contribution in [0.2, 0.25) is 0 Å². The zero-order valence-corrected chi connectivity index (χ0v) is 15.1. The number of hydrogen-bond acceptors (Lipinski definition) is 0. The van der Waals surface area contributed by atoms with Crippen molar-refractivity contribution in [3.8, 4) is 11.8 Å². The molecule has 0 amide bonds. The van der Waals surface area contributed by atoms with Crippen LogP contribution in [0.15, 0.2) is 90.7 Å². The Kier molecular flexibility index (Phi) is 4.70. The van der Waals surface area contributed by atoms with Crippen molar-refractivity contribution in [1.29, 1.82) is 0 Å². The van der Waals surface area contributed by atoms with Gasteiger partial charge in [-0.2, -0.15) is 4.57 Å². The maximum absolute atomic E-state index is 3.33. The smallest absolute Gasteiger partial charge is 0.218 e. The van der Waals surface area contributed by atoms with Gasteiger partial charge in [0.1, 0.15) is 6.20 Å². The van der Waals surface area contributed by atoms with E-state index in [1.54, 1.807) is 0 Å². The van der Waals surface area contributed by atoms with Gasteiger partial charge in [-0.15, -0.1) is 0 Å². The summed E-state index contributed by atoms with van der Waals surface area (Å²) in [6.45, 7) is 0. The number of para-hydroxylation sites is 2. The van der Waals surface area contributed by atoms with Gasteiger partial charge in [0.05, 0.1) is 7.05 Å². The summed E-state index contributed by atoms with van der Waals surface area (Å²) in [5.41, 5.74) is 7.64. The maximum atomic E-state index is 3.33. The van der Waals surface area contributed by atoms with Crippen LogP contribution < -0.4 is 4.57 Å². The minimum atomic E-state index is 0.911. The molecular formula is C25H19N2+. The van der Waals surface area contributed by atoms with Crippen LogP contribution in [-0.4, -0.2) is 4.57 Å². The van der Waals surface area contributed by atoms with Crippen molar-refractivity contribution in [1.82, 2.24) is 4.57 Å². The van der Waals surface area contributed by atoms with Crippen molar-refractivity contribution in [2.45, 2.75) is 0 Å². The zero-order valence-electron chi connectivity index (χ0n) is 15.1. The molecule has 4 rings (SSSR count). The molecule has 27 heavy (non-hydrogen) atoms. The third-order valence-electron chi connectivity index (χ3n) is 4.39. The summed E-state index contributed by atoms with van der Waals surface area (Å²) < 4.78 is 4.21. The van der Waals surface area contributed by atoms with Gasteiger partial charge in [-0.05, 0) is 35.9 Å². The molecule has 0 fully saturated rings. The SMILES string of the molecule is C[n+]1c(C#Cc2ccccc2)n(C=C=Cc2ccccc2)c2ccccc21. The number of benzene rings is 3. The molecule has 4 aromatic rings. The van der Waals surface area contributed by atoms with E-state index in [2.05, 4.69) is 51.0 Å². The average molecular weight is 347 g/mol. The monoisotopic (exact) mass is 347 g/mol. The summed E-state index contributed by atoms with van der Waals surface area (Å²) in [6.07, 6.45) is 3.92. The van der Waals surface area contributed by atoms with E-state index < -0.39 is 0 Å². The van der Waals surface area contributed by atoms with Crippen LogP contribution in [0.1, 0.15) is 17.0 Å². The molecule has 0 N–H and O–H groups in total. The summed E-state index contributed by atoms with van der Waals surface area (Å²) >= 11 is 0. The molecule has 0 bridgehead atoms. The highest BCUT2D eigenvalue weighted by atomic mass is 15.1. The second-order valence-corrected chi connectivity index (χ2v) is 6.21. The molecule has 2 nitrogen and oxygen atoms in total. The standard InChI is InChI=1S/C25H19N2/c1-26-23-16-8-9-17-24(23)27(20-10-15-21-11-4-2-5-12-21)25(26)19-18-22-13-6-3-7-14-22/h2-9,11-17,20H,1H3/q+1. The molecule has 0 aliphatic carbocycles. The normalized spacial score (nSPS) is 9.96. The summed E-state index contributed by atoms with van der Waals surface area (Å²) in [5, 5.41) is 0. The van der Waals surface area contributed by atoms with E-state index in [0.29, 0.717) is 0 Å². The summed E-state index contributed by atoms with van der Waals surface area (Å²) in [6, 6.07) is 28.5. The number of hydrogen-bond donors (Lipinski definition) is 0. The molecule has 1 aromatic heterocycles. The molecule has 0 unspecified atom stereocenters. The van der Waals surface area contributed by atoms with Crippen molar-refractivity contribution >= 4 is 23.3 Å². The van der Waals surface area contributed by atoms with Gasteiger partial charge in [-0.1, -0.05) is 72.3 Å². The average Bonchev–Trinajstić information content (AvgIpc) is 3.00. The quantitative estimate of drug-likeness (QED) is 0.284. The van der Waals surface area contributed by atoms with Crippen molar-refractivity contribution in [2.24, 2.45) is 7.05 Å². The highest BCUT2D eigenvalue weighted by Gasteiger charge is 2.19. The van der Waals surface area contributed by atoms with Crippen molar-refractivity contribution in [2.75, 3.05) is 0 Å². The van der Waals surface area contributed by atoms with Crippen molar-refractivity contribution < 1.29 is 4.57 Å². The van der Waals surface area contributed by atoms with Gasteiger partial charge in [0.15, 0.2) is 11.0 Å². The van der Waals surface area contributed by atoms with Gasteiger partial charge in [-0.3, -0.25) is 0 Å². The molecule has 0 saturated heterocycles.